The number of hydrogen-bond donors (Lipinski definition) is 1. The smallest absolute Gasteiger partial charge is 0.224 e. The molecule has 0 saturated carbocycles. The maximum atomic E-state index is 13.4. The molecule has 0 bridgehead atoms. The first-order valence-electron chi connectivity index (χ1n) is 14.1. The third kappa shape index (κ3) is 4.95. The third-order valence-corrected chi connectivity index (χ3v) is 8.42. The monoisotopic (exact) mass is 486 g/mol. The lowest BCUT2D eigenvalue weighted by Crippen LogP contribution is -2.53. The highest BCUT2D eigenvalue weighted by Gasteiger charge is 2.42. The summed E-state index contributed by atoms with van der Waals surface area (Å²) in [5.74, 6) is 1.14. The van der Waals surface area contributed by atoms with Crippen LogP contribution in [-0.2, 0) is 17.8 Å². The van der Waals surface area contributed by atoms with Crippen molar-refractivity contribution in [3.8, 4) is 0 Å². The number of aromatic nitrogens is 2. The van der Waals surface area contributed by atoms with Crippen molar-refractivity contribution < 1.29 is 4.79 Å². The number of benzene rings is 1. The predicted octanol–water partition coefficient (Wildman–Crippen LogP) is 5.89. The van der Waals surface area contributed by atoms with Crippen molar-refractivity contribution in [3.63, 3.8) is 0 Å². The predicted molar refractivity (Wildman–Crippen MR) is 147 cm³/mol. The van der Waals surface area contributed by atoms with Crippen molar-refractivity contribution >= 4 is 16.8 Å². The zero-order chi connectivity index (χ0) is 25.1. The summed E-state index contributed by atoms with van der Waals surface area (Å²) in [7, 11) is 0. The van der Waals surface area contributed by atoms with Gasteiger partial charge in [0.2, 0.25) is 5.91 Å². The summed E-state index contributed by atoms with van der Waals surface area (Å²) in [6.07, 6.45) is 10.6. The molecule has 192 valence electrons. The van der Waals surface area contributed by atoms with E-state index >= 15 is 0 Å². The van der Waals surface area contributed by atoms with Crippen LogP contribution < -0.4 is 5.32 Å². The first-order valence-corrected chi connectivity index (χ1v) is 14.1. The van der Waals surface area contributed by atoms with E-state index in [0.29, 0.717) is 17.9 Å². The minimum Gasteiger partial charge on any atom is -0.356 e. The van der Waals surface area contributed by atoms with E-state index in [1.54, 1.807) is 0 Å². The van der Waals surface area contributed by atoms with Gasteiger partial charge >= 0.3 is 0 Å². The molecule has 36 heavy (non-hydrogen) atoms. The molecule has 1 amide bonds. The van der Waals surface area contributed by atoms with E-state index in [4.69, 9.17) is 0 Å². The molecule has 2 aliphatic rings. The number of carbonyl (C=O) groups excluding carboxylic acids is 1. The van der Waals surface area contributed by atoms with Crippen LogP contribution >= 0.6 is 0 Å². The average molecular weight is 487 g/mol. The highest BCUT2D eigenvalue weighted by Crippen LogP contribution is 2.45. The number of nitrogens with zero attached hydrogens (tertiary/aromatic N) is 3. The number of hydrogen-bond acceptors (Lipinski definition) is 3. The Bertz CT molecular complexity index is 1170. The first kappa shape index (κ1) is 25.0. The molecular formula is C31H42N4O. The zero-order valence-electron chi connectivity index (χ0n) is 22.2. The zero-order valence-corrected chi connectivity index (χ0v) is 22.2. The van der Waals surface area contributed by atoms with Crippen LogP contribution in [0.3, 0.4) is 0 Å². The molecule has 1 aromatic carbocycles. The van der Waals surface area contributed by atoms with E-state index in [-0.39, 0.29) is 11.8 Å². The average Bonchev–Trinajstić information content (AvgIpc) is 3.26. The molecule has 3 heterocycles. The lowest BCUT2D eigenvalue weighted by atomic mass is 9.72. The van der Waals surface area contributed by atoms with E-state index in [2.05, 4.69) is 71.0 Å². The summed E-state index contributed by atoms with van der Waals surface area (Å²) in [6, 6.07) is 13.4. The number of piperidine rings is 1. The number of aryl methyl sites for hydroxylation is 1. The molecule has 1 fully saturated rings. The Balaban J connectivity index is 1.27. The minimum absolute atomic E-state index is 0.0561. The van der Waals surface area contributed by atoms with Crippen LogP contribution in [0.2, 0.25) is 0 Å². The maximum absolute atomic E-state index is 13.4. The second-order valence-electron chi connectivity index (χ2n) is 11.0. The molecule has 1 saturated heterocycles. The number of pyridine rings is 1. The summed E-state index contributed by atoms with van der Waals surface area (Å²) in [4.78, 5) is 20.5. The van der Waals surface area contributed by atoms with Crippen LogP contribution in [-0.4, -0.2) is 46.0 Å². The van der Waals surface area contributed by atoms with E-state index in [1.165, 1.54) is 22.0 Å². The highest BCUT2D eigenvalue weighted by molar-refractivity contribution is 5.89. The number of carbonyl (C=O) groups is 1. The van der Waals surface area contributed by atoms with Gasteiger partial charge in [0, 0.05) is 60.6 Å². The van der Waals surface area contributed by atoms with Crippen molar-refractivity contribution in [2.45, 2.75) is 83.7 Å². The quantitative estimate of drug-likeness (QED) is 0.364. The molecule has 1 aliphatic heterocycles. The number of amides is 1. The van der Waals surface area contributed by atoms with E-state index in [1.807, 2.05) is 18.3 Å². The Labute approximate surface area is 216 Å². The van der Waals surface area contributed by atoms with E-state index < -0.39 is 0 Å². The van der Waals surface area contributed by atoms with Gasteiger partial charge < -0.3 is 9.88 Å². The SMILES string of the molecule is CCCN1C[C@H](C(=O)NCCCC(C)c2ccccn2)CC2c3cccc4c3c(cn4CCC)C[C@H]21. The largest absolute Gasteiger partial charge is 0.356 e. The summed E-state index contributed by atoms with van der Waals surface area (Å²) in [5, 5.41) is 4.76. The molecule has 5 heteroatoms. The van der Waals surface area contributed by atoms with Gasteiger partial charge in [0.05, 0.1) is 5.92 Å². The number of fused-ring (bicyclic) bond motifs is 2. The summed E-state index contributed by atoms with van der Waals surface area (Å²) < 4.78 is 2.45. The summed E-state index contributed by atoms with van der Waals surface area (Å²) in [6.45, 7) is 10.5. The molecule has 0 radical (unpaired) electrons. The summed E-state index contributed by atoms with van der Waals surface area (Å²) >= 11 is 0. The Kier molecular flexibility index (Phi) is 7.76. The molecule has 2 aromatic heterocycles. The number of nitrogens with one attached hydrogen (secondary N) is 1. The van der Waals surface area contributed by atoms with Gasteiger partial charge in [-0.15, -0.1) is 0 Å². The van der Waals surface area contributed by atoms with Crippen molar-refractivity contribution in [2.24, 2.45) is 5.92 Å². The van der Waals surface area contributed by atoms with Gasteiger partial charge in [0.15, 0.2) is 0 Å². The minimum atomic E-state index is 0.0561. The van der Waals surface area contributed by atoms with Crippen LogP contribution in [0.4, 0.5) is 0 Å². The highest BCUT2D eigenvalue weighted by atomic mass is 16.1. The van der Waals surface area contributed by atoms with Crippen LogP contribution in [0.25, 0.3) is 10.9 Å². The van der Waals surface area contributed by atoms with Gasteiger partial charge in [-0.2, -0.15) is 0 Å². The first-order chi connectivity index (χ1) is 17.6. The molecule has 5 nitrogen and oxygen atoms in total. The van der Waals surface area contributed by atoms with Crippen molar-refractivity contribution in [3.05, 3.63) is 65.6 Å². The fraction of sp³-hybridized carbons (Fsp3) is 0.548. The lowest BCUT2D eigenvalue weighted by Gasteiger charge is -2.46. The third-order valence-electron chi connectivity index (χ3n) is 8.42. The molecular weight excluding hydrogens is 444 g/mol. The van der Waals surface area contributed by atoms with Crippen LogP contribution in [0.1, 0.15) is 81.5 Å². The second kappa shape index (κ2) is 11.2. The Morgan fingerprint density at radius 3 is 2.78 bits per heavy atom. The molecule has 4 atom stereocenters. The van der Waals surface area contributed by atoms with Crippen molar-refractivity contribution in [1.82, 2.24) is 19.8 Å². The topological polar surface area (TPSA) is 50.2 Å². The van der Waals surface area contributed by atoms with Crippen LogP contribution in [0.5, 0.6) is 0 Å². The fourth-order valence-corrected chi connectivity index (χ4v) is 6.71. The molecule has 5 rings (SSSR count). The van der Waals surface area contributed by atoms with Gasteiger partial charge in [0.25, 0.3) is 0 Å². The van der Waals surface area contributed by atoms with Gasteiger partial charge in [-0.25, -0.2) is 0 Å². The van der Waals surface area contributed by atoms with Crippen molar-refractivity contribution in [1.29, 1.82) is 0 Å². The van der Waals surface area contributed by atoms with Gasteiger partial charge in [0.1, 0.15) is 0 Å². The van der Waals surface area contributed by atoms with Crippen LogP contribution in [0, 0.1) is 5.92 Å². The van der Waals surface area contributed by atoms with E-state index in [9.17, 15) is 4.79 Å². The maximum Gasteiger partial charge on any atom is 0.224 e. The number of likely N-dealkylation sites (tertiary alicyclic amines) is 1. The molecule has 1 aliphatic carbocycles. The normalized spacial score (nSPS) is 22.4. The molecule has 3 aromatic rings. The van der Waals surface area contributed by atoms with Gasteiger partial charge in [-0.05, 0) is 80.3 Å². The lowest BCUT2D eigenvalue weighted by molar-refractivity contribution is -0.127. The fourth-order valence-electron chi connectivity index (χ4n) is 6.71. The van der Waals surface area contributed by atoms with Crippen molar-refractivity contribution in [2.75, 3.05) is 19.6 Å². The van der Waals surface area contributed by atoms with Crippen LogP contribution in [0.15, 0.2) is 48.8 Å². The molecule has 2 unspecified atom stereocenters. The Morgan fingerprint density at radius 2 is 2.00 bits per heavy atom. The van der Waals surface area contributed by atoms with Gasteiger partial charge in [-0.1, -0.05) is 39.0 Å². The number of rotatable bonds is 10. The Hall–Kier alpha value is -2.66. The summed E-state index contributed by atoms with van der Waals surface area (Å²) in [5.41, 5.74) is 5.48. The second-order valence-corrected chi connectivity index (χ2v) is 11.0. The Morgan fingerprint density at radius 1 is 1.14 bits per heavy atom. The van der Waals surface area contributed by atoms with Gasteiger partial charge in [-0.3, -0.25) is 14.7 Å². The standard InChI is InChI=1S/C31H42N4O/c1-4-16-34-20-23-19-29-26(25-11-8-13-28(34)30(23)25)18-24(21-35(29)17-5-2)31(36)33-15-9-10-22(3)27-12-6-7-14-32-27/h6-8,11-14,20,22,24,26,29H,4-5,9-10,15-19,21H2,1-3H3,(H,33,36)/t22?,24-,26?,29-/m1/s1. The molecule has 0 spiro atoms. The van der Waals surface area contributed by atoms with E-state index in [0.717, 1.165) is 70.4 Å². The molecule has 1 N–H and O–H groups in total.